The number of ether oxygens (including phenoxy) is 2. The Kier molecular flexibility index (Phi) is 7.08. The topological polar surface area (TPSA) is 76.1 Å². The lowest BCUT2D eigenvalue weighted by atomic mass is 10.3. The Balaban J connectivity index is 2.44. The third-order valence-corrected chi connectivity index (χ3v) is 2.94. The van der Waals surface area contributed by atoms with E-state index < -0.39 is 5.97 Å². The second kappa shape index (κ2) is 8.84. The van der Waals surface area contributed by atoms with Gasteiger partial charge in [-0.15, -0.1) is 0 Å². The molecule has 0 aliphatic rings. The number of carbonyl (C=O) groups is 2. The van der Waals surface area contributed by atoms with Gasteiger partial charge < -0.3 is 19.5 Å². The number of aliphatic carboxylic acids is 1. The summed E-state index contributed by atoms with van der Waals surface area (Å²) in [5.74, 6) is 0.430. The van der Waals surface area contributed by atoms with Crippen molar-refractivity contribution >= 4 is 11.9 Å². The maximum absolute atomic E-state index is 11.7. The third kappa shape index (κ3) is 6.16. The number of methoxy groups -OCH3 is 1. The van der Waals surface area contributed by atoms with Gasteiger partial charge in [0.05, 0.1) is 20.1 Å². The SMILES string of the molecule is CCC(=O)N(CCOc1ccc(OC)cc1)CCC(=O)O. The van der Waals surface area contributed by atoms with E-state index in [4.69, 9.17) is 14.6 Å². The predicted molar refractivity (Wildman–Crippen MR) is 77.6 cm³/mol. The largest absolute Gasteiger partial charge is 0.497 e. The molecule has 6 nitrogen and oxygen atoms in total. The zero-order chi connectivity index (χ0) is 15.7. The molecule has 116 valence electrons. The molecule has 0 saturated heterocycles. The average Bonchev–Trinajstić information content (AvgIpc) is 2.50. The fourth-order valence-electron chi connectivity index (χ4n) is 1.76. The Bertz CT molecular complexity index is 458. The van der Waals surface area contributed by atoms with E-state index in [9.17, 15) is 9.59 Å². The molecular weight excluding hydrogens is 274 g/mol. The van der Waals surface area contributed by atoms with Crippen LogP contribution < -0.4 is 9.47 Å². The normalized spacial score (nSPS) is 10.0. The Morgan fingerprint density at radius 1 is 1.14 bits per heavy atom. The molecule has 6 heteroatoms. The summed E-state index contributed by atoms with van der Waals surface area (Å²) in [6.45, 7) is 2.64. The standard InChI is InChI=1S/C15H21NO5/c1-3-14(17)16(9-8-15(18)19)10-11-21-13-6-4-12(20-2)5-7-13/h4-7H,3,8-11H2,1-2H3,(H,18,19). The van der Waals surface area contributed by atoms with Crippen LogP contribution in [0.5, 0.6) is 11.5 Å². The summed E-state index contributed by atoms with van der Waals surface area (Å²) in [6.07, 6.45) is 0.288. The van der Waals surface area contributed by atoms with E-state index >= 15 is 0 Å². The van der Waals surface area contributed by atoms with Crippen molar-refractivity contribution in [3.63, 3.8) is 0 Å². The van der Waals surface area contributed by atoms with E-state index in [1.165, 1.54) is 4.90 Å². The number of hydrogen-bond acceptors (Lipinski definition) is 4. The minimum atomic E-state index is -0.917. The highest BCUT2D eigenvalue weighted by molar-refractivity contribution is 5.76. The van der Waals surface area contributed by atoms with Crippen molar-refractivity contribution in [1.29, 1.82) is 0 Å². The molecule has 0 heterocycles. The summed E-state index contributed by atoms with van der Waals surface area (Å²) < 4.78 is 10.6. The summed E-state index contributed by atoms with van der Waals surface area (Å²) in [5, 5.41) is 8.69. The molecule has 1 N–H and O–H groups in total. The van der Waals surface area contributed by atoms with Crippen LogP contribution in [0.15, 0.2) is 24.3 Å². The predicted octanol–water partition coefficient (Wildman–Crippen LogP) is 1.79. The number of benzene rings is 1. The molecule has 0 unspecified atom stereocenters. The first-order valence-electron chi connectivity index (χ1n) is 6.83. The van der Waals surface area contributed by atoms with Gasteiger partial charge in [-0.25, -0.2) is 0 Å². The molecule has 0 atom stereocenters. The van der Waals surface area contributed by atoms with Gasteiger partial charge in [0, 0.05) is 13.0 Å². The molecule has 0 aromatic heterocycles. The van der Waals surface area contributed by atoms with E-state index in [1.54, 1.807) is 38.3 Å². The number of carbonyl (C=O) groups excluding carboxylic acids is 1. The highest BCUT2D eigenvalue weighted by Gasteiger charge is 2.12. The molecular formula is C15H21NO5. The molecule has 0 bridgehead atoms. The molecule has 1 rings (SSSR count). The van der Waals surface area contributed by atoms with Crippen LogP contribution in [-0.4, -0.2) is 48.7 Å². The van der Waals surface area contributed by atoms with Crippen molar-refractivity contribution in [2.24, 2.45) is 0 Å². The van der Waals surface area contributed by atoms with Gasteiger partial charge in [0.2, 0.25) is 5.91 Å². The summed E-state index contributed by atoms with van der Waals surface area (Å²) in [5.41, 5.74) is 0. The summed E-state index contributed by atoms with van der Waals surface area (Å²) >= 11 is 0. The van der Waals surface area contributed by atoms with Gasteiger partial charge in [0.15, 0.2) is 0 Å². The molecule has 0 aliphatic carbocycles. The monoisotopic (exact) mass is 295 g/mol. The fraction of sp³-hybridized carbons (Fsp3) is 0.467. The van der Waals surface area contributed by atoms with Crippen LogP contribution >= 0.6 is 0 Å². The van der Waals surface area contributed by atoms with Gasteiger partial charge in [-0.1, -0.05) is 6.92 Å². The van der Waals surface area contributed by atoms with Crippen molar-refractivity contribution in [1.82, 2.24) is 4.90 Å². The first kappa shape index (κ1) is 16.8. The van der Waals surface area contributed by atoms with Crippen LogP contribution in [0.3, 0.4) is 0 Å². The van der Waals surface area contributed by atoms with Crippen LogP contribution in [0.1, 0.15) is 19.8 Å². The van der Waals surface area contributed by atoms with Gasteiger partial charge >= 0.3 is 5.97 Å². The molecule has 0 radical (unpaired) electrons. The molecule has 21 heavy (non-hydrogen) atoms. The molecule has 0 fully saturated rings. The fourth-order valence-corrected chi connectivity index (χ4v) is 1.76. The second-order valence-electron chi connectivity index (χ2n) is 4.40. The van der Waals surface area contributed by atoms with Crippen molar-refractivity contribution < 1.29 is 24.2 Å². The Hall–Kier alpha value is -2.24. The summed E-state index contributed by atoms with van der Waals surface area (Å²) in [4.78, 5) is 23.8. The number of rotatable bonds is 9. The van der Waals surface area contributed by atoms with E-state index in [1.807, 2.05) is 0 Å². The van der Waals surface area contributed by atoms with E-state index in [-0.39, 0.29) is 18.9 Å². The van der Waals surface area contributed by atoms with E-state index in [2.05, 4.69) is 0 Å². The Labute approximate surface area is 124 Å². The van der Waals surface area contributed by atoms with Gasteiger partial charge in [-0.05, 0) is 24.3 Å². The molecule has 0 aliphatic heterocycles. The minimum Gasteiger partial charge on any atom is -0.497 e. The van der Waals surface area contributed by atoms with Crippen LogP contribution in [0.25, 0.3) is 0 Å². The van der Waals surface area contributed by atoms with Crippen molar-refractivity contribution in [3.05, 3.63) is 24.3 Å². The van der Waals surface area contributed by atoms with Crippen molar-refractivity contribution in [2.45, 2.75) is 19.8 Å². The van der Waals surface area contributed by atoms with E-state index in [0.29, 0.717) is 25.3 Å². The summed E-state index contributed by atoms with van der Waals surface area (Å²) in [6, 6.07) is 7.13. The first-order valence-corrected chi connectivity index (χ1v) is 6.83. The number of carboxylic acid groups (broad SMARTS) is 1. The highest BCUT2D eigenvalue weighted by Crippen LogP contribution is 2.16. The third-order valence-electron chi connectivity index (χ3n) is 2.94. The van der Waals surface area contributed by atoms with E-state index in [0.717, 1.165) is 5.75 Å². The van der Waals surface area contributed by atoms with Crippen LogP contribution in [0, 0.1) is 0 Å². The van der Waals surface area contributed by atoms with Gasteiger partial charge in [0.25, 0.3) is 0 Å². The van der Waals surface area contributed by atoms with Crippen LogP contribution in [0.4, 0.5) is 0 Å². The quantitative estimate of drug-likeness (QED) is 0.751. The number of amides is 1. The second-order valence-corrected chi connectivity index (χ2v) is 4.40. The molecule has 1 aromatic rings. The lowest BCUT2D eigenvalue weighted by Crippen LogP contribution is -2.35. The summed E-state index contributed by atoms with van der Waals surface area (Å²) in [7, 11) is 1.59. The van der Waals surface area contributed by atoms with Crippen molar-refractivity contribution in [3.8, 4) is 11.5 Å². The maximum Gasteiger partial charge on any atom is 0.305 e. The Morgan fingerprint density at radius 2 is 1.76 bits per heavy atom. The Morgan fingerprint density at radius 3 is 2.29 bits per heavy atom. The van der Waals surface area contributed by atoms with Gasteiger partial charge in [0.1, 0.15) is 18.1 Å². The van der Waals surface area contributed by atoms with Crippen LogP contribution in [-0.2, 0) is 9.59 Å². The zero-order valence-electron chi connectivity index (χ0n) is 12.4. The number of carboxylic acids is 1. The molecule has 0 saturated carbocycles. The molecule has 1 amide bonds. The van der Waals surface area contributed by atoms with Crippen LogP contribution in [0.2, 0.25) is 0 Å². The lowest BCUT2D eigenvalue weighted by molar-refractivity contribution is -0.138. The van der Waals surface area contributed by atoms with Gasteiger partial charge in [-0.2, -0.15) is 0 Å². The highest BCUT2D eigenvalue weighted by atomic mass is 16.5. The molecule has 0 spiro atoms. The van der Waals surface area contributed by atoms with Crippen molar-refractivity contribution in [2.75, 3.05) is 26.8 Å². The maximum atomic E-state index is 11.7. The lowest BCUT2D eigenvalue weighted by Gasteiger charge is -2.21. The number of nitrogens with zero attached hydrogens (tertiary/aromatic N) is 1. The smallest absolute Gasteiger partial charge is 0.305 e. The zero-order valence-corrected chi connectivity index (χ0v) is 12.4. The van der Waals surface area contributed by atoms with Gasteiger partial charge in [-0.3, -0.25) is 9.59 Å². The average molecular weight is 295 g/mol. The minimum absolute atomic E-state index is 0.0612. The first-order chi connectivity index (χ1) is 10.1. The number of hydrogen-bond donors (Lipinski definition) is 1. The molecule has 1 aromatic carbocycles.